The van der Waals surface area contributed by atoms with Crippen LogP contribution in [0, 0.1) is 12.3 Å². The quantitative estimate of drug-likeness (QED) is 0.900. The van der Waals surface area contributed by atoms with Gasteiger partial charge in [-0.2, -0.15) is 0 Å². The van der Waals surface area contributed by atoms with Crippen molar-refractivity contribution < 1.29 is 8.42 Å². The predicted molar refractivity (Wildman–Crippen MR) is 82.2 cm³/mol. The number of nitrogens with one attached hydrogen (secondary N) is 1. The SMILES string of the molecule is Cc1ccc(S(N)(=O)=O)cc1NC1CCCCC1(C)C. The maximum Gasteiger partial charge on any atom is 0.238 e. The summed E-state index contributed by atoms with van der Waals surface area (Å²) in [5.41, 5.74) is 2.14. The largest absolute Gasteiger partial charge is 0.382 e. The fraction of sp³-hybridized carbons (Fsp3) is 0.600. The molecule has 1 fully saturated rings. The van der Waals surface area contributed by atoms with Gasteiger partial charge in [0.2, 0.25) is 10.0 Å². The van der Waals surface area contributed by atoms with Crippen molar-refractivity contribution in [1.29, 1.82) is 0 Å². The molecule has 112 valence electrons. The molecular weight excluding hydrogens is 272 g/mol. The molecule has 1 aromatic carbocycles. The number of rotatable bonds is 3. The van der Waals surface area contributed by atoms with Crippen LogP contribution < -0.4 is 10.5 Å². The summed E-state index contributed by atoms with van der Waals surface area (Å²) in [5, 5.41) is 8.74. The highest BCUT2D eigenvalue weighted by atomic mass is 32.2. The van der Waals surface area contributed by atoms with Gasteiger partial charge < -0.3 is 5.32 Å². The number of nitrogens with two attached hydrogens (primary N) is 1. The standard InChI is InChI=1S/C15H24N2O2S/c1-11-7-8-12(20(16,18)19)10-13(11)17-14-6-4-5-9-15(14,2)3/h7-8,10,14,17H,4-6,9H2,1-3H3,(H2,16,18,19). The molecular formula is C15H24N2O2S. The van der Waals surface area contributed by atoms with Gasteiger partial charge >= 0.3 is 0 Å². The number of hydrogen-bond donors (Lipinski definition) is 2. The van der Waals surface area contributed by atoms with Crippen LogP contribution in [0.15, 0.2) is 23.1 Å². The highest BCUT2D eigenvalue weighted by Gasteiger charge is 2.32. The zero-order valence-electron chi connectivity index (χ0n) is 12.4. The third kappa shape index (κ3) is 3.33. The Hall–Kier alpha value is -1.07. The Morgan fingerprint density at radius 1 is 1.30 bits per heavy atom. The second kappa shape index (κ2) is 5.37. The average Bonchev–Trinajstić information content (AvgIpc) is 2.32. The van der Waals surface area contributed by atoms with Crippen molar-refractivity contribution in [2.24, 2.45) is 10.6 Å². The van der Waals surface area contributed by atoms with Crippen LogP contribution in [0.25, 0.3) is 0 Å². The average molecular weight is 296 g/mol. The fourth-order valence-electron chi connectivity index (χ4n) is 2.88. The zero-order chi connectivity index (χ0) is 15.0. The van der Waals surface area contributed by atoms with E-state index in [-0.39, 0.29) is 10.3 Å². The van der Waals surface area contributed by atoms with Crippen LogP contribution in [-0.4, -0.2) is 14.5 Å². The van der Waals surface area contributed by atoms with E-state index < -0.39 is 10.0 Å². The summed E-state index contributed by atoms with van der Waals surface area (Å²) in [5.74, 6) is 0. The molecule has 0 spiro atoms. The van der Waals surface area contributed by atoms with Crippen LogP contribution in [0.5, 0.6) is 0 Å². The van der Waals surface area contributed by atoms with Gasteiger partial charge in [-0.1, -0.05) is 32.8 Å². The third-order valence-electron chi connectivity index (χ3n) is 4.37. The molecule has 0 heterocycles. The van der Waals surface area contributed by atoms with Gasteiger partial charge in [0.1, 0.15) is 0 Å². The van der Waals surface area contributed by atoms with Crippen molar-refractivity contribution in [1.82, 2.24) is 0 Å². The Labute approximate surface area is 121 Å². The molecule has 0 aliphatic heterocycles. The summed E-state index contributed by atoms with van der Waals surface area (Å²) in [7, 11) is -3.65. The Bertz CT molecular complexity index is 594. The third-order valence-corrected chi connectivity index (χ3v) is 5.29. The molecule has 5 heteroatoms. The molecule has 0 radical (unpaired) electrons. The summed E-state index contributed by atoms with van der Waals surface area (Å²) in [6.45, 7) is 6.51. The van der Waals surface area contributed by atoms with Crippen molar-refractivity contribution in [3.05, 3.63) is 23.8 Å². The van der Waals surface area contributed by atoms with Gasteiger partial charge in [0.25, 0.3) is 0 Å². The molecule has 1 aromatic rings. The lowest BCUT2D eigenvalue weighted by Crippen LogP contribution is -2.39. The molecule has 0 bridgehead atoms. The molecule has 1 aliphatic rings. The molecule has 3 N–H and O–H groups in total. The zero-order valence-corrected chi connectivity index (χ0v) is 13.3. The molecule has 0 aromatic heterocycles. The number of sulfonamides is 1. The first-order chi connectivity index (χ1) is 9.20. The summed E-state index contributed by atoms with van der Waals surface area (Å²) < 4.78 is 22.9. The van der Waals surface area contributed by atoms with E-state index in [4.69, 9.17) is 5.14 Å². The first kappa shape index (κ1) is 15.3. The molecule has 1 aliphatic carbocycles. The van der Waals surface area contributed by atoms with Crippen LogP contribution in [-0.2, 0) is 10.0 Å². The lowest BCUT2D eigenvalue weighted by molar-refractivity contribution is 0.217. The van der Waals surface area contributed by atoms with E-state index in [1.807, 2.05) is 6.92 Å². The van der Waals surface area contributed by atoms with Crippen molar-refractivity contribution in [3.8, 4) is 0 Å². The van der Waals surface area contributed by atoms with E-state index in [0.29, 0.717) is 6.04 Å². The van der Waals surface area contributed by atoms with E-state index in [2.05, 4.69) is 19.2 Å². The van der Waals surface area contributed by atoms with E-state index >= 15 is 0 Å². The summed E-state index contributed by atoms with van der Waals surface area (Å²) in [4.78, 5) is 0.166. The second-order valence-electron chi connectivity index (χ2n) is 6.45. The van der Waals surface area contributed by atoms with Crippen LogP contribution in [0.4, 0.5) is 5.69 Å². The van der Waals surface area contributed by atoms with Gasteiger partial charge in [0, 0.05) is 11.7 Å². The van der Waals surface area contributed by atoms with Crippen molar-refractivity contribution >= 4 is 15.7 Å². The van der Waals surface area contributed by atoms with E-state index in [1.165, 1.54) is 19.3 Å². The first-order valence-electron chi connectivity index (χ1n) is 7.10. The number of hydrogen-bond acceptors (Lipinski definition) is 3. The van der Waals surface area contributed by atoms with Gasteiger partial charge in [-0.25, -0.2) is 13.6 Å². The summed E-state index contributed by atoms with van der Waals surface area (Å²) >= 11 is 0. The maximum atomic E-state index is 11.5. The second-order valence-corrected chi connectivity index (χ2v) is 8.01. The fourth-order valence-corrected chi connectivity index (χ4v) is 3.42. The Kier molecular flexibility index (Phi) is 4.12. The molecule has 20 heavy (non-hydrogen) atoms. The Morgan fingerprint density at radius 2 is 2.00 bits per heavy atom. The van der Waals surface area contributed by atoms with Crippen molar-refractivity contribution in [3.63, 3.8) is 0 Å². The van der Waals surface area contributed by atoms with Crippen LogP contribution in [0.1, 0.15) is 45.1 Å². The van der Waals surface area contributed by atoms with Crippen molar-refractivity contribution in [2.45, 2.75) is 57.4 Å². The lowest BCUT2D eigenvalue weighted by Gasteiger charge is -2.40. The number of benzene rings is 1. The van der Waals surface area contributed by atoms with Crippen molar-refractivity contribution in [2.75, 3.05) is 5.32 Å². The van der Waals surface area contributed by atoms with Crippen LogP contribution in [0.3, 0.4) is 0 Å². The minimum atomic E-state index is -3.65. The number of anilines is 1. The minimum absolute atomic E-state index is 0.166. The predicted octanol–water partition coefficient (Wildman–Crippen LogP) is 3.02. The van der Waals surface area contributed by atoms with Crippen LogP contribution >= 0.6 is 0 Å². The Balaban J connectivity index is 2.29. The first-order valence-corrected chi connectivity index (χ1v) is 8.65. The molecule has 0 amide bonds. The van der Waals surface area contributed by atoms with Gasteiger partial charge in [0.05, 0.1) is 4.90 Å². The molecule has 1 saturated carbocycles. The molecule has 4 nitrogen and oxygen atoms in total. The molecule has 1 unspecified atom stereocenters. The van der Waals surface area contributed by atoms with Gasteiger partial charge in [-0.05, 0) is 42.9 Å². The molecule has 0 saturated heterocycles. The highest BCUT2D eigenvalue weighted by molar-refractivity contribution is 7.89. The number of primary sulfonamides is 1. The topological polar surface area (TPSA) is 72.2 Å². The number of aryl methyl sites for hydroxylation is 1. The maximum absolute atomic E-state index is 11.5. The monoisotopic (exact) mass is 296 g/mol. The van der Waals surface area contributed by atoms with Crippen LogP contribution in [0.2, 0.25) is 0 Å². The Morgan fingerprint density at radius 3 is 2.60 bits per heavy atom. The normalized spacial score (nSPS) is 22.5. The van der Waals surface area contributed by atoms with Gasteiger partial charge in [0.15, 0.2) is 0 Å². The summed E-state index contributed by atoms with van der Waals surface area (Å²) in [6, 6.07) is 5.38. The van der Waals surface area contributed by atoms with E-state index in [1.54, 1.807) is 18.2 Å². The lowest BCUT2D eigenvalue weighted by atomic mass is 9.73. The molecule has 2 rings (SSSR count). The highest BCUT2D eigenvalue weighted by Crippen LogP contribution is 2.37. The van der Waals surface area contributed by atoms with E-state index in [9.17, 15) is 8.42 Å². The van der Waals surface area contributed by atoms with Gasteiger partial charge in [-0.3, -0.25) is 0 Å². The minimum Gasteiger partial charge on any atom is -0.382 e. The summed E-state index contributed by atoms with van der Waals surface area (Å²) in [6.07, 6.45) is 4.79. The molecule has 1 atom stereocenters. The smallest absolute Gasteiger partial charge is 0.238 e. The van der Waals surface area contributed by atoms with Gasteiger partial charge in [-0.15, -0.1) is 0 Å². The van der Waals surface area contributed by atoms with E-state index in [0.717, 1.165) is 17.7 Å².